The maximum absolute atomic E-state index is 11.4. The van der Waals surface area contributed by atoms with Gasteiger partial charge in [0.15, 0.2) is 0 Å². The maximum Gasteiger partial charge on any atom is 0.234 e. The molecule has 4 nitrogen and oxygen atoms in total. The summed E-state index contributed by atoms with van der Waals surface area (Å²) in [6, 6.07) is -0.0658. The van der Waals surface area contributed by atoms with E-state index in [0.29, 0.717) is 5.92 Å². The predicted octanol–water partition coefficient (Wildman–Crippen LogP) is 0.962. The van der Waals surface area contributed by atoms with Gasteiger partial charge in [-0.1, -0.05) is 13.8 Å². The molecule has 1 fully saturated rings. The van der Waals surface area contributed by atoms with Gasteiger partial charge in [0.05, 0.1) is 6.04 Å². The molecular formula is C13H27N3O. The van der Waals surface area contributed by atoms with Crippen LogP contribution in [0.15, 0.2) is 0 Å². The van der Waals surface area contributed by atoms with Crippen molar-refractivity contribution >= 4 is 5.91 Å². The van der Waals surface area contributed by atoms with Gasteiger partial charge in [-0.25, -0.2) is 0 Å². The van der Waals surface area contributed by atoms with E-state index in [1.54, 1.807) is 0 Å². The van der Waals surface area contributed by atoms with Crippen molar-refractivity contribution in [1.82, 2.24) is 10.2 Å². The molecule has 2 atom stereocenters. The molecule has 17 heavy (non-hydrogen) atoms. The van der Waals surface area contributed by atoms with Crippen LogP contribution in [0.1, 0.15) is 39.5 Å². The van der Waals surface area contributed by atoms with Gasteiger partial charge in [0, 0.05) is 6.54 Å². The number of nitrogens with two attached hydrogens (primary N) is 1. The second-order valence-electron chi connectivity index (χ2n) is 5.03. The van der Waals surface area contributed by atoms with Gasteiger partial charge in [-0.2, -0.15) is 0 Å². The second kappa shape index (κ2) is 7.67. The fourth-order valence-electron chi connectivity index (χ4n) is 2.67. The smallest absolute Gasteiger partial charge is 0.234 e. The molecule has 1 aliphatic rings. The number of primary amides is 1. The normalized spacial score (nSPS) is 23.5. The third-order valence-electron chi connectivity index (χ3n) is 3.57. The Hall–Kier alpha value is -0.610. The van der Waals surface area contributed by atoms with Crippen LogP contribution >= 0.6 is 0 Å². The Bertz CT molecular complexity index is 233. The standard InChI is InChI=1S/C13H27N3O/c1-3-7-15-9-11-6-5-8-16(10-11)12(4-2)13(14)17/h11-12,15H,3-10H2,1-2H3,(H2,14,17). The van der Waals surface area contributed by atoms with E-state index in [1.807, 2.05) is 6.92 Å². The zero-order chi connectivity index (χ0) is 12.7. The van der Waals surface area contributed by atoms with E-state index in [1.165, 1.54) is 19.3 Å². The fraction of sp³-hybridized carbons (Fsp3) is 0.923. The second-order valence-corrected chi connectivity index (χ2v) is 5.03. The Balaban J connectivity index is 2.39. The number of piperidine rings is 1. The highest BCUT2D eigenvalue weighted by atomic mass is 16.1. The molecule has 2 unspecified atom stereocenters. The Morgan fingerprint density at radius 2 is 2.29 bits per heavy atom. The van der Waals surface area contributed by atoms with Gasteiger partial charge in [-0.15, -0.1) is 0 Å². The lowest BCUT2D eigenvalue weighted by Gasteiger charge is -2.36. The van der Waals surface area contributed by atoms with Gasteiger partial charge in [0.2, 0.25) is 5.91 Å². The Morgan fingerprint density at radius 3 is 2.88 bits per heavy atom. The summed E-state index contributed by atoms with van der Waals surface area (Å²) in [5, 5.41) is 3.47. The first kappa shape index (κ1) is 14.5. The average Bonchev–Trinajstić information content (AvgIpc) is 2.30. The number of nitrogens with one attached hydrogen (secondary N) is 1. The van der Waals surface area contributed by atoms with Crippen LogP contribution < -0.4 is 11.1 Å². The fourth-order valence-corrected chi connectivity index (χ4v) is 2.67. The summed E-state index contributed by atoms with van der Waals surface area (Å²) in [5.41, 5.74) is 5.45. The Kier molecular flexibility index (Phi) is 6.52. The number of carbonyl (C=O) groups excluding carboxylic acids is 1. The lowest BCUT2D eigenvalue weighted by atomic mass is 9.96. The number of hydrogen-bond donors (Lipinski definition) is 2. The van der Waals surface area contributed by atoms with E-state index in [2.05, 4.69) is 17.1 Å². The van der Waals surface area contributed by atoms with Crippen LogP contribution in [0.25, 0.3) is 0 Å². The summed E-state index contributed by atoms with van der Waals surface area (Å²) in [4.78, 5) is 13.6. The lowest BCUT2D eigenvalue weighted by Crippen LogP contribution is -2.50. The minimum absolute atomic E-state index is 0.0658. The van der Waals surface area contributed by atoms with Gasteiger partial charge in [-0.05, 0) is 51.2 Å². The molecule has 0 radical (unpaired) electrons. The van der Waals surface area contributed by atoms with E-state index < -0.39 is 0 Å². The van der Waals surface area contributed by atoms with Crippen molar-refractivity contribution in [2.24, 2.45) is 11.7 Å². The van der Waals surface area contributed by atoms with Crippen LogP contribution in [0, 0.1) is 5.92 Å². The van der Waals surface area contributed by atoms with Gasteiger partial charge >= 0.3 is 0 Å². The van der Waals surface area contributed by atoms with E-state index in [4.69, 9.17) is 5.73 Å². The zero-order valence-corrected chi connectivity index (χ0v) is 11.2. The predicted molar refractivity (Wildman–Crippen MR) is 70.7 cm³/mol. The molecule has 1 aliphatic heterocycles. The van der Waals surface area contributed by atoms with Crippen molar-refractivity contribution in [2.45, 2.75) is 45.6 Å². The molecule has 4 heteroatoms. The molecule has 0 aromatic rings. The summed E-state index contributed by atoms with van der Waals surface area (Å²) < 4.78 is 0. The molecule has 0 aromatic carbocycles. The molecular weight excluding hydrogens is 214 g/mol. The quantitative estimate of drug-likeness (QED) is 0.653. The average molecular weight is 241 g/mol. The van der Waals surface area contributed by atoms with E-state index in [9.17, 15) is 4.79 Å². The largest absolute Gasteiger partial charge is 0.368 e. The van der Waals surface area contributed by atoms with Crippen molar-refractivity contribution in [3.8, 4) is 0 Å². The molecule has 0 saturated carbocycles. The van der Waals surface area contributed by atoms with Gasteiger partial charge in [-0.3, -0.25) is 9.69 Å². The van der Waals surface area contributed by atoms with Crippen molar-refractivity contribution in [3.63, 3.8) is 0 Å². The number of likely N-dealkylation sites (tertiary alicyclic amines) is 1. The van der Waals surface area contributed by atoms with Gasteiger partial charge in [0.25, 0.3) is 0 Å². The molecule has 1 saturated heterocycles. The van der Waals surface area contributed by atoms with Crippen LogP contribution in [0.2, 0.25) is 0 Å². The Morgan fingerprint density at radius 1 is 1.53 bits per heavy atom. The molecule has 0 aliphatic carbocycles. The monoisotopic (exact) mass is 241 g/mol. The topological polar surface area (TPSA) is 58.4 Å². The number of amides is 1. The van der Waals surface area contributed by atoms with Crippen LogP contribution in [0.5, 0.6) is 0 Å². The third-order valence-corrected chi connectivity index (χ3v) is 3.57. The maximum atomic E-state index is 11.4. The number of hydrogen-bond acceptors (Lipinski definition) is 3. The van der Waals surface area contributed by atoms with Crippen molar-refractivity contribution in [2.75, 3.05) is 26.2 Å². The van der Waals surface area contributed by atoms with E-state index in [0.717, 1.165) is 32.6 Å². The summed E-state index contributed by atoms with van der Waals surface area (Å²) in [5.74, 6) is 0.498. The molecule has 1 amide bonds. The first-order valence-corrected chi connectivity index (χ1v) is 6.93. The van der Waals surface area contributed by atoms with Gasteiger partial charge in [0.1, 0.15) is 0 Å². The third kappa shape index (κ3) is 4.64. The van der Waals surface area contributed by atoms with Crippen molar-refractivity contribution in [3.05, 3.63) is 0 Å². The summed E-state index contributed by atoms with van der Waals surface area (Å²) in [6.45, 7) is 8.40. The summed E-state index contributed by atoms with van der Waals surface area (Å²) in [6.07, 6.45) is 4.45. The van der Waals surface area contributed by atoms with Crippen LogP contribution in [0.3, 0.4) is 0 Å². The zero-order valence-electron chi connectivity index (χ0n) is 11.2. The highest BCUT2D eigenvalue weighted by Crippen LogP contribution is 2.19. The minimum Gasteiger partial charge on any atom is -0.368 e. The Labute approximate surface area is 105 Å². The molecule has 0 spiro atoms. The van der Waals surface area contributed by atoms with Gasteiger partial charge < -0.3 is 11.1 Å². The van der Waals surface area contributed by atoms with Crippen molar-refractivity contribution in [1.29, 1.82) is 0 Å². The summed E-state index contributed by atoms with van der Waals surface area (Å²) >= 11 is 0. The molecule has 1 heterocycles. The first-order chi connectivity index (χ1) is 8.19. The lowest BCUT2D eigenvalue weighted by molar-refractivity contribution is -0.124. The summed E-state index contributed by atoms with van der Waals surface area (Å²) in [7, 11) is 0. The highest BCUT2D eigenvalue weighted by Gasteiger charge is 2.27. The van der Waals surface area contributed by atoms with Crippen LogP contribution in [-0.2, 0) is 4.79 Å². The molecule has 1 rings (SSSR count). The number of nitrogens with zero attached hydrogens (tertiary/aromatic N) is 1. The molecule has 3 N–H and O–H groups in total. The molecule has 0 bridgehead atoms. The van der Waals surface area contributed by atoms with Crippen LogP contribution in [-0.4, -0.2) is 43.0 Å². The number of carbonyl (C=O) groups is 1. The van der Waals surface area contributed by atoms with E-state index in [-0.39, 0.29) is 11.9 Å². The molecule has 100 valence electrons. The number of rotatable bonds is 7. The molecule has 0 aromatic heterocycles. The van der Waals surface area contributed by atoms with Crippen LogP contribution in [0.4, 0.5) is 0 Å². The first-order valence-electron chi connectivity index (χ1n) is 6.93. The SMILES string of the molecule is CCCNCC1CCCN(C(CC)C(N)=O)C1. The van der Waals surface area contributed by atoms with E-state index >= 15 is 0 Å². The highest BCUT2D eigenvalue weighted by molar-refractivity contribution is 5.79. The van der Waals surface area contributed by atoms with Crippen molar-refractivity contribution < 1.29 is 4.79 Å². The minimum atomic E-state index is -0.172.